The van der Waals surface area contributed by atoms with Gasteiger partial charge in [-0.2, -0.15) is 10.2 Å². The van der Waals surface area contributed by atoms with Crippen molar-refractivity contribution in [3.63, 3.8) is 0 Å². The van der Waals surface area contributed by atoms with Gasteiger partial charge in [0.15, 0.2) is 0 Å². The summed E-state index contributed by atoms with van der Waals surface area (Å²) >= 11 is 0. The molecule has 0 aliphatic carbocycles. The Hall–Kier alpha value is -0.920. The Kier molecular flexibility index (Phi) is 1.02. The molecule has 0 N–H and O–H groups in total. The summed E-state index contributed by atoms with van der Waals surface area (Å²) in [5, 5.41) is 7.28. The van der Waals surface area contributed by atoms with Crippen molar-refractivity contribution in [1.29, 1.82) is 0 Å². The lowest BCUT2D eigenvalue weighted by Gasteiger charge is -1.80. The van der Waals surface area contributed by atoms with Crippen molar-refractivity contribution in [1.82, 2.24) is 10.2 Å². The van der Waals surface area contributed by atoms with Crippen molar-refractivity contribution in [2.24, 2.45) is 0 Å². The van der Waals surface area contributed by atoms with Crippen molar-refractivity contribution < 1.29 is 0 Å². The molecule has 0 aromatic carbocycles. The molecule has 0 bridgehead atoms. The number of nitrogens with zero attached hydrogens (tertiary/aromatic N) is 2. The second-order valence-electron chi connectivity index (χ2n) is 1.30. The van der Waals surface area contributed by atoms with Crippen LogP contribution in [0.1, 0.15) is 5.69 Å². The predicted octanol–water partition coefficient (Wildman–Crippen LogP) is 0.585. The molecule has 2 heteroatoms. The van der Waals surface area contributed by atoms with Crippen LogP contribution in [-0.2, 0) is 0 Å². The molecule has 0 unspecified atom stereocenters. The van der Waals surface area contributed by atoms with Crippen LogP contribution in [0, 0.1) is 13.0 Å². The molecule has 1 aromatic rings. The highest BCUT2D eigenvalue weighted by Gasteiger charge is 1.75. The maximum absolute atomic E-state index is 3.70. The van der Waals surface area contributed by atoms with Crippen molar-refractivity contribution in [3.05, 3.63) is 24.0 Å². The zero-order valence-corrected chi connectivity index (χ0v) is 4.05. The fourth-order valence-corrected chi connectivity index (χ4v) is 0.340. The van der Waals surface area contributed by atoms with Crippen LogP contribution in [0.25, 0.3) is 0 Å². The summed E-state index contributed by atoms with van der Waals surface area (Å²) in [5.74, 6) is 0. The van der Waals surface area contributed by atoms with Crippen LogP contribution in [0.5, 0.6) is 0 Å². The molecule has 1 radical (unpaired) electrons. The highest BCUT2D eigenvalue weighted by atomic mass is 15.1. The van der Waals surface area contributed by atoms with Gasteiger partial charge in [0, 0.05) is 6.07 Å². The van der Waals surface area contributed by atoms with Crippen LogP contribution < -0.4 is 0 Å². The first-order valence-corrected chi connectivity index (χ1v) is 2.05. The summed E-state index contributed by atoms with van der Waals surface area (Å²) in [6, 6.07) is 4.57. The smallest absolute Gasteiger partial charge is 0.0606 e. The van der Waals surface area contributed by atoms with E-state index in [1.807, 2.05) is 6.92 Å². The molecule has 0 atom stereocenters. The van der Waals surface area contributed by atoms with Crippen LogP contribution >= 0.6 is 0 Å². The van der Waals surface area contributed by atoms with Gasteiger partial charge in [0.25, 0.3) is 0 Å². The third-order valence-corrected chi connectivity index (χ3v) is 0.640. The van der Waals surface area contributed by atoms with E-state index in [0.717, 1.165) is 5.69 Å². The molecule has 0 aliphatic rings. The molecular formula is C5H5N2. The number of aromatic nitrogens is 2. The maximum Gasteiger partial charge on any atom is 0.0606 e. The van der Waals surface area contributed by atoms with Crippen LogP contribution in [0.15, 0.2) is 12.3 Å². The molecule has 1 heterocycles. The molecule has 7 heavy (non-hydrogen) atoms. The minimum Gasteiger partial charge on any atom is -0.158 e. The van der Waals surface area contributed by atoms with Crippen molar-refractivity contribution >= 4 is 0 Å². The van der Waals surface area contributed by atoms with Crippen molar-refractivity contribution in [3.8, 4) is 0 Å². The van der Waals surface area contributed by atoms with E-state index in [0.29, 0.717) is 0 Å². The number of hydrogen-bond donors (Lipinski definition) is 0. The molecule has 0 fully saturated rings. The highest BCUT2D eigenvalue weighted by molar-refractivity contribution is 4.92. The molecule has 0 saturated heterocycles. The molecule has 1 aromatic heterocycles. The molecule has 0 spiro atoms. The van der Waals surface area contributed by atoms with E-state index < -0.39 is 0 Å². The van der Waals surface area contributed by atoms with Gasteiger partial charge in [0.05, 0.1) is 11.9 Å². The van der Waals surface area contributed by atoms with E-state index in [1.54, 1.807) is 6.07 Å². The van der Waals surface area contributed by atoms with E-state index >= 15 is 0 Å². The first-order valence-electron chi connectivity index (χ1n) is 2.05. The SMILES string of the molecule is Cc1c[c]cnn1. The molecule has 0 saturated carbocycles. The third-order valence-electron chi connectivity index (χ3n) is 0.640. The first-order chi connectivity index (χ1) is 3.39. The lowest BCUT2D eigenvalue weighted by atomic mass is 10.4. The van der Waals surface area contributed by atoms with Gasteiger partial charge in [-0.15, -0.1) is 0 Å². The summed E-state index contributed by atoms with van der Waals surface area (Å²) in [4.78, 5) is 0. The molecule has 0 aliphatic heterocycles. The number of hydrogen-bond acceptors (Lipinski definition) is 2. The topological polar surface area (TPSA) is 25.8 Å². The number of aryl methyl sites for hydroxylation is 1. The van der Waals surface area contributed by atoms with Gasteiger partial charge in [0.2, 0.25) is 0 Å². The lowest BCUT2D eigenvalue weighted by Crippen LogP contribution is -1.80. The average Bonchev–Trinajstić information content (AvgIpc) is 1.69. The van der Waals surface area contributed by atoms with Gasteiger partial charge < -0.3 is 0 Å². The Balaban J connectivity index is 3.02. The largest absolute Gasteiger partial charge is 0.158 e. The summed E-state index contributed by atoms with van der Waals surface area (Å²) < 4.78 is 0. The molecule has 35 valence electrons. The van der Waals surface area contributed by atoms with Gasteiger partial charge >= 0.3 is 0 Å². The zero-order chi connectivity index (χ0) is 5.11. The minimum atomic E-state index is 0.905. The predicted molar refractivity (Wildman–Crippen MR) is 25.6 cm³/mol. The minimum absolute atomic E-state index is 0.905. The Labute approximate surface area is 42.2 Å². The summed E-state index contributed by atoms with van der Waals surface area (Å²) in [5.41, 5.74) is 0.905. The Bertz CT molecular complexity index is 136. The van der Waals surface area contributed by atoms with Crippen LogP contribution in [0.4, 0.5) is 0 Å². The maximum atomic E-state index is 3.70. The second-order valence-corrected chi connectivity index (χ2v) is 1.30. The van der Waals surface area contributed by atoms with Crippen molar-refractivity contribution in [2.75, 3.05) is 0 Å². The Morgan fingerprint density at radius 3 is 2.86 bits per heavy atom. The Morgan fingerprint density at radius 2 is 2.57 bits per heavy atom. The fraction of sp³-hybridized carbons (Fsp3) is 0.200. The van der Waals surface area contributed by atoms with E-state index in [2.05, 4.69) is 16.3 Å². The summed E-state index contributed by atoms with van der Waals surface area (Å²) in [6.07, 6.45) is 1.53. The quantitative estimate of drug-likeness (QED) is 0.469. The zero-order valence-electron chi connectivity index (χ0n) is 4.05. The fourth-order valence-electron chi connectivity index (χ4n) is 0.340. The average molecular weight is 93.1 g/mol. The molecule has 1 rings (SSSR count). The van der Waals surface area contributed by atoms with Crippen molar-refractivity contribution in [2.45, 2.75) is 6.92 Å². The number of rotatable bonds is 0. The molecule has 0 amide bonds. The normalized spacial score (nSPS) is 8.71. The van der Waals surface area contributed by atoms with E-state index in [9.17, 15) is 0 Å². The van der Waals surface area contributed by atoms with Crippen LogP contribution in [0.2, 0.25) is 0 Å². The van der Waals surface area contributed by atoms with Crippen LogP contribution in [-0.4, -0.2) is 10.2 Å². The van der Waals surface area contributed by atoms with Gasteiger partial charge in [-0.3, -0.25) is 0 Å². The second kappa shape index (κ2) is 1.69. The monoisotopic (exact) mass is 93.0 g/mol. The highest BCUT2D eigenvalue weighted by Crippen LogP contribution is 1.81. The summed E-state index contributed by atoms with van der Waals surface area (Å²) in [7, 11) is 0. The standard InChI is InChI=1S/C5H5N2/c1-5-3-2-4-6-7-5/h3-4H,1H3. The molecular weight excluding hydrogens is 88.1 g/mol. The van der Waals surface area contributed by atoms with Gasteiger partial charge in [-0.25, -0.2) is 0 Å². The summed E-state index contributed by atoms with van der Waals surface area (Å²) in [6.45, 7) is 1.88. The van der Waals surface area contributed by atoms with Gasteiger partial charge in [-0.1, -0.05) is 0 Å². The van der Waals surface area contributed by atoms with E-state index in [4.69, 9.17) is 0 Å². The Morgan fingerprint density at radius 1 is 1.71 bits per heavy atom. The molecule has 2 nitrogen and oxygen atoms in total. The van der Waals surface area contributed by atoms with E-state index in [1.165, 1.54) is 6.20 Å². The van der Waals surface area contributed by atoms with Crippen LogP contribution in [0.3, 0.4) is 0 Å². The first kappa shape index (κ1) is 4.24. The van der Waals surface area contributed by atoms with Gasteiger partial charge in [0.1, 0.15) is 0 Å². The third kappa shape index (κ3) is 0.961. The van der Waals surface area contributed by atoms with E-state index in [-0.39, 0.29) is 0 Å². The lowest BCUT2D eigenvalue weighted by molar-refractivity contribution is 0.978. The van der Waals surface area contributed by atoms with Gasteiger partial charge in [-0.05, 0) is 13.0 Å².